The first-order chi connectivity index (χ1) is 11.0. The van der Waals surface area contributed by atoms with Crippen molar-refractivity contribution in [3.8, 4) is 0 Å². The molecule has 1 amide bonds. The Bertz CT molecular complexity index is 648. The van der Waals surface area contributed by atoms with Crippen LogP contribution >= 0.6 is 0 Å². The van der Waals surface area contributed by atoms with Gasteiger partial charge in [-0.15, -0.1) is 0 Å². The summed E-state index contributed by atoms with van der Waals surface area (Å²) in [6, 6.07) is 9.79. The van der Waals surface area contributed by atoms with Gasteiger partial charge in [-0.3, -0.25) is 4.79 Å². The molecule has 4 saturated heterocycles. The fourth-order valence-electron chi connectivity index (χ4n) is 3.99. The largest absolute Gasteiger partial charge is 0.356 e. The van der Waals surface area contributed by atoms with Crippen molar-refractivity contribution < 1.29 is 23.7 Å². The molecule has 0 aliphatic carbocycles. The van der Waals surface area contributed by atoms with E-state index in [9.17, 15) is 4.79 Å². The van der Waals surface area contributed by atoms with E-state index in [-0.39, 0.29) is 36.4 Å². The molecule has 122 valence electrons. The molecule has 23 heavy (non-hydrogen) atoms. The Balaban J connectivity index is 1.47. The van der Waals surface area contributed by atoms with Crippen LogP contribution in [0, 0.1) is 0 Å². The zero-order valence-corrected chi connectivity index (χ0v) is 13.0. The van der Waals surface area contributed by atoms with E-state index in [0.29, 0.717) is 6.54 Å². The number of epoxide rings is 1. The highest BCUT2D eigenvalue weighted by molar-refractivity contribution is 5.86. The number of rotatable bonds is 2. The Morgan fingerprint density at radius 2 is 1.83 bits per heavy atom. The molecule has 0 N–H and O–H groups in total. The minimum absolute atomic E-state index is 0.0256. The summed E-state index contributed by atoms with van der Waals surface area (Å²) in [6.07, 6.45) is -1.40. The topological polar surface area (TPSA) is 60.5 Å². The van der Waals surface area contributed by atoms with Gasteiger partial charge in [0.05, 0.1) is 6.04 Å². The highest BCUT2D eigenvalue weighted by atomic mass is 16.8. The molecule has 6 heteroatoms. The van der Waals surface area contributed by atoms with E-state index < -0.39 is 12.1 Å². The van der Waals surface area contributed by atoms with Crippen molar-refractivity contribution in [2.24, 2.45) is 0 Å². The molecule has 0 bridgehead atoms. The zero-order chi connectivity index (χ0) is 15.8. The third-order valence-electron chi connectivity index (χ3n) is 4.98. The number of ether oxygens (including phenoxy) is 4. The second-order valence-electron chi connectivity index (χ2n) is 7.03. The number of nitrogens with zero attached hydrogens (tertiary/aromatic N) is 1. The quantitative estimate of drug-likeness (QED) is 0.763. The van der Waals surface area contributed by atoms with Crippen LogP contribution in [-0.4, -0.2) is 53.3 Å². The number of carbonyl (C=O) groups is 1. The fraction of sp³-hybridized carbons (Fsp3) is 0.588. The van der Waals surface area contributed by atoms with Gasteiger partial charge in [-0.05, 0) is 19.4 Å². The molecule has 6 atom stereocenters. The standard InChI is InChI=1S/C17H19NO5/c1-17(2)22-12-10-11(21-16(12)23-17)13-14(20-13)15(19)18(10)8-9-6-4-3-5-7-9/h3-7,10-14,16H,8H2,1-2H3/t10-,11+,12-,13+,14+,16-/m1/s1. The van der Waals surface area contributed by atoms with Crippen molar-refractivity contribution in [3.05, 3.63) is 35.9 Å². The fourth-order valence-corrected chi connectivity index (χ4v) is 3.99. The predicted molar refractivity (Wildman–Crippen MR) is 78.1 cm³/mol. The first-order valence-electron chi connectivity index (χ1n) is 8.04. The lowest BCUT2D eigenvalue weighted by atomic mass is 9.95. The van der Waals surface area contributed by atoms with E-state index in [0.717, 1.165) is 5.56 Å². The predicted octanol–water partition coefficient (Wildman–Crippen LogP) is 1.04. The number of likely N-dealkylation sites (tertiary alicyclic amines) is 1. The van der Waals surface area contributed by atoms with Gasteiger partial charge in [-0.25, -0.2) is 0 Å². The Kier molecular flexibility index (Phi) is 2.75. The van der Waals surface area contributed by atoms with E-state index in [4.69, 9.17) is 18.9 Å². The van der Waals surface area contributed by atoms with Gasteiger partial charge in [0.1, 0.15) is 18.3 Å². The molecule has 0 radical (unpaired) electrons. The van der Waals surface area contributed by atoms with Gasteiger partial charge in [0, 0.05) is 6.54 Å². The smallest absolute Gasteiger partial charge is 0.255 e. The molecule has 0 spiro atoms. The second-order valence-corrected chi connectivity index (χ2v) is 7.03. The van der Waals surface area contributed by atoms with Gasteiger partial charge in [0.15, 0.2) is 18.2 Å². The zero-order valence-electron chi connectivity index (χ0n) is 13.0. The number of carbonyl (C=O) groups excluding carboxylic acids is 1. The Labute approximate surface area is 134 Å². The Hall–Kier alpha value is -1.47. The molecule has 4 fully saturated rings. The number of amides is 1. The molecule has 4 aliphatic rings. The van der Waals surface area contributed by atoms with E-state index >= 15 is 0 Å². The summed E-state index contributed by atoms with van der Waals surface area (Å²) in [5.41, 5.74) is 1.08. The van der Waals surface area contributed by atoms with Crippen LogP contribution in [-0.2, 0) is 30.3 Å². The van der Waals surface area contributed by atoms with Gasteiger partial charge in [0.25, 0.3) is 5.91 Å². The lowest BCUT2D eigenvalue weighted by molar-refractivity contribution is -0.214. The maximum atomic E-state index is 12.7. The molecular weight excluding hydrogens is 298 g/mol. The number of piperidine rings is 1. The van der Waals surface area contributed by atoms with Crippen LogP contribution < -0.4 is 0 Å². The molecule has 0 unspecified atom stereocenters. The van der Waals surface area contributed by atoms with Crippen LogP contribution in [0.5, 0.6) is 0 Å². The minimum Gasteiger partial charge on any atom is -0.356 e. The number of hydrogen-bond acceptors (Lipinski definition) is 5. The maximum absolute atomic E-state index is 12.7. The van der Waals surface area contributed by atoms with Crippen molar-refractivity contribution in [2.75, 3.05) is 0 Å². The lowest BCUT2D eigenvalue weighted by Gasteiger charge is -2.37. The maximum Gasteiger partial charge on any atom is 0.255 e. The van der Waals surface area contributed by atoms with Crippen molar-refractivity contribution >= 4 is 5.91 Å². The molecule has 0 saturated carbocycles. The van der Waals surface area contributed by atoms with E-state index in [2.05, 4.69) is 0 Å². The van der Waals surface area contributed by atoms with Crippen LogP contribution in [0.25, 0.3) is 0 Å². The van der Waals surface area contributed by atoms with Gasteiger partial charge in [-0.2, -0.15) is 0 Å². The average Bonchev–Trinajstić information content (AvgIpc) is 3.17. The molecule has 6 nitrogen and oxygen atoms in total. The highest BCUT2D eigenvalue weighted by Crippen LogP contribution is 2.48. The van der Waals surface area contributed by atoms with Crippen molar-refractivity contribution in [1.29, 1.82) is 0 Å². The Morgan fingerprint density at radius 3 is 2.61 bits per heavy atom. The number of benzene rings is 1. The SMILES string of the molecule is CC1(C)O[C@H]2O[C@@H]3[C@@H]4O[C@@H]4C(=O)N(Cc4ccccc4)[C@H]3[C@H]2O1. The van der Waals surface area contributed by atoms with Crippen LogP contribution in [0.1, 0.15) is 19.4 Å². The second kappa shape index (κ2) is 4.54. The normalized spacial score (nSPS) is 43.0. The van der Waals surface area contributed by atoms with Gasteiger partial charge < -0.3 is 23.8 Å². The molecule has 4 heterocycles. The van der Waals surface area contributed by atoms with Gasteiger partial charge >= 0.3 is 0 Å². The van der Waals surface area contributed by atoms with Gasteiger partial charge in [-0.1, -0.05) is 30.3 Å². The van der Waals surface area contributed by atoms with Crippen LogP contribution in [0.2, 0.25) is 0 Å². The lowest BCUT2D eigenvalue weighted by Crippen LogP contribution is -2.57. The number of fused-ring (bicyclic) bond motifs is 5. The van der Waals surface area contributed by atoms with E-state index in [1.807, 2.05) is 49.1 Å². The summed E-state index contributed by atoms with van der Waals surface area (Å²) in [4.78, 5) is 14.6. The number of hydrogen-bond donors (Lipinski definition) is 0. The third kappa shape index (κ3) is 2.06. The first-order valence-corrected chi connectivity index (χ1v) is 8.04. The summed E-state index contributed by atoms with van der Waals surface area (Å²) < 4.78 is 23.4. The molecule has 1 aromatic rings. The molecule has 4 aliphatic heterocycles. The molecule has 0 aromatic heterocycles. The van der Waals surface area contributed by atoms with Gasteiger partial charge in [0.2, 0.25) is 0 Å². The summed E-state index contributed by atoms with van der Waals surface area (Å²) in [6.45, 7) is 4.27. The van der Waals surface area contributed by atoms with Crippen LogP contribution in [0.3, 0.4) is 0 Å². The summed E-state index contributed by atoms with van der Waals surface area (Å²) in [7, 11) is 0. The van der Waals surface area contributed by atoms with Crippen molar-refractivity contribution in [1.82, 2.24) is 4.90 Å². The van der Waals surface area contributed by atoms with Crippen LogP contribution in [0.15, 0.2) is 30.3 Å². The van der Waals surface area contributed by atoms with E-state index in [1.165, 1.54) is 0 Å². The minimum atomic E-state index is -0.691. The summed E-state index contributed by atoms with van der Waals surface area (Å²) in [5, 5.41) is 0. The van der Waals surface area contributed by atoms with E-state index in [1.54, 1.807) is 0 Å². The molecule has 5 rings (SSSR count). The first kappa shape index (κ1) is 13.9. The Morgan fingerprint density at radius 1 is 1.04 bits per heavy atom. The summed E-state index contributed by atoms with van der Waals surface area (Å²) in [5.74, 6) is -0.666. The monoisotopic (exact) mass is 317 g/mol. The molecular formula is C17H19NO5. The molecule has 1 aromatic carbocycles. The van der Waals surface area contributed by atoms with Crippen molar-refractivity contribution in [3.63, 3.8) is 0 Å². The van der Waals surface area contributed by atoms with Crippen LogP contribution in [0.4, 0.5) is 0 Å². The van der Waals surface area contributed by atoms with Crippen molar-refractivity contribution in [2.45, 2.75) is 62.9 Å². The third-order valence-corrected chi connectivity index (χ3v) is 4.98. The highest BCUT2D eigenvalue weighted by Gasteiger charge is 2.69. The average molecular weight is 317 g/mol. The summed E-state index contributed by atoms with van der Waals surface area (Å²) >= 11 is 0.